The number of nitrogens with zero attached hydrogens (tertiary/aromatic N) is 1. The minimum atomic E-state index is -0.658. The standard InChI is InChI=1S/C13H9ClFNO2/c1-8(17)9-5-6-16-12(7-9)18-11-4-2-3-10(14)13(11)15/h2-7H,1H3. The van der Waals surface area contributed by atoms with Gasteiger partial charge in [-0.25, -0.2) is 9.37 Å². The molecule has 92 valence electrons. The van der Waals surface area contributed by atoms with Gasteiger partial charge < -0.3 is 4.74 Å². The van der Waals surface area contributed by atoms with E-state index < -0.39 is 5.82 Å². The van der Waals surface area contributed by atoms with Crippen LogP contribution in [-0.4, -0.2) is 10.8 Å². The van der Waals surface area contributed by atoms with Gasteiger partial charge in [-0.2, -0.15) is 0 Å². The smallest absolute Gasteiger partial charge is 0.220 e. The molecule has 1 heterocycles. The minimum Gasteiger partial charge on any atom is -0.436 e. The first-order chi connectivity index (χ1) is 8.58. The van der Waals surface area contributed by atoms with E-state index in [0.717, 1.165) is 0 Å². The Hall–Kier alpha value is -1.94. The van der Waals surface area contributed by atoms with Gasteiger partial charge >= 0.3 is 0 Å². The largest absolute Gasteiger partial charge is 0.436 e. The molecule has 0 amide bonds. The first-order valence-electron chi connectivity index (χ1n) is 5.17. The summed E-state index contributed by atoms with van der Waals surface area (Å²) >= 11 is 5.63. The van der Waals surface area contributed by atoms with Crippen LogP contribution in [0, 0.1) is 5.82 Å². The lowest BCUT2D eigenvalue weighted by molar-refractivity contribution is 0.101. The Balaban J connectivity index is 2.31. The third kappa shape index (κ3) is 2.65. The number of Topliss-reactive ketones (excluding diaryl/α,β-unsaturated/α-hetero) is 1. The highest BCUT2D eigenvalue weighted by Crippen LogP contribution is 2.27. The van der Waals surface area contributed by atoms with Crippen LogP contribution in [0.4, 0.5) is 4.39 Å². The number of halogens is 2. The molecule has 0 fully saturated rings. The summed E-state index contributed by atoms with van der Waals surface area (Å²) in [5, 5.41) is -0.0322. The van der Waals surface area contributed by atoms with Crippen LogP contribution in [0.3, 0.4) is 0 Å². The van der Waals surface area contributed by atoms with Crippen LogP contribution in [0.2, 0.25) is 5.02 Å². The van der Waals surface area contributed by atoms with E-state index in [-0.39, 0.29) is 22.4 Å². The first-order valence-corrected chi connectivity index (χ1v) is 5.54. The monoisotopic (exact) mass is 265 g/mol. The maximum Gasteiger partial charge on any atom is 0.220 e. The fraction of sp³-hybridized carbons (Fsp3) is 0.0769. The van der Waals surface area contributed by atoms with Crippen molar-refractivity contribution in [1.82, 2.24) is 4.98 Å². The summed E-state index contributed by atoms with van der Waals surface area (Å²) < 4.78 is 18.9. The molecule has 2 rings (SSSR count). The predicted molar refractivity (Wildman–Crippen MR) is 65.7 cm³/mol. The number of ketones is 1. The third-order valence-electron chi connectivity index (χ3n) is 2.27. The van der Waals surface area contributed by atoms with Gasteiger partial charge in [0.05, 0.1) is 5.02 Å². The molecule has 0 radical (unpaired) electrons. The Kier molecular flexibility index (Phi) is 3.58. The molecule has 0 bridgehead atoms. The van der Waals surface area contributed by atoms with E-state index in [0.29, 0.717) is 5.56 Å². The second kappa shape index (κ2) is 5.14. The van der Waals surface area contributed by atoms with Crippen molar-refractivity contribution >= 4 is 17.4 Å². The maximum absolute atomic E-state index is 13.6. The van der Waals surface area contributed by atoms with E-state index in [1.807, 2.05) is 0 Å². The quantitative estimate of drug-likeness (QED) is 0.791. The van der Waals surface area contributed by atoms with Crippen LogP contribution in [0.5, 0.6) is 11.6 Å². The Morgan fingerprint density at radius 2 is 2.17 bits per heavy atom. The Morgan fingerprint density at radius 1 is 1.39 bits per heavy atom. The van der Waals surface area contributed by atoms with Gasteiger partial charge in [-0.15, -0.1) is 0 Å². The zero-order chi connectivity index (χ0) is 13.1. The lowest BCUT2D eigenvalue weighted by atomic mass is 10.2. The lowest BCUT2D eigenvalue weighted by Crippen LogP contribution is -1.96. The molecule has 2 aromatic rings. The summed E-state index contributed by atoms with van der Waals surface area (Å²) in [6, 6.07) is 7.42. The van der Waals surface area contributed by atoms with Gasteiger partial charge in [-0.1, -0.05) is 17.7 Å². The second-order valence-electron chi connectivity index (χ2n) is 3.59. The summed E-state index contributed by atoms with van der Waals surface area (Å²) in [5.41, 5.74) is 0.447. The first kappa shape index (κ1) is 12.5. The summed E-state index contributed by atoms with van der Waals surface area (Å²) in [7, 11) is 0. The molecule has 1 aromatic carbocycles. The molecule has 0 N–H and O–H groups in total. The van der Waals surface area contributed by atoms with Crippen molar-refractivity contribution in [2.75, 3.05) is 0 Å². The SMILES string of the molecule is CC(=O)c1ccnc(Oc2cccc(Cl)c2F)c1. The third-order valence-corrected chi connectivity index (χ3v) is 2.56. The van der Waals surface area contributed by atoms with Crippen molar-refractivity contribution in [3.8, 4) is 11.6 Å². The van der Waals surface area contributed by atoms with Crippen molar-refractivity contribution in [1.29, 1.82) is 0 Å². The van der Waals surface area contributed by atoms with Gasteiger partial charge in [0.1, 0.15) is 0 Å². The van der Waals surface area contributed by atoms with Gasteiger partial charge in [-0.05, 0) is 25.1 Å². The molecular formula is C13H9ClFNO2. The van der Waals surface area contributed by atoms with Gasteiger partial charge in [0.2, 0.25) is 5.88 Å². The molecule has 0 aliphatic heterocycles. The molecule has 5 heteroatoms. The van der Waals surface area contributed by atoms with Crippen LogP contribution in [0.15, 0.2) is 36.5 Å². The zero-order valence-electron chi connectivity index (χ0n) is 9.48. The average molecular weight is 266 g/mol. The molecule has 0 spiro atoms. The van der Waals surface area contributed by atoms with E-state index in [1.165, 1.54) is 31.3 Å². The number of benzene rings is 1. The molecule has 1 aromatic heterocycles. The van der Waals surface area contributed by atoms with E-state index in [4.69, 9.17) is 16.3 Å². The number of rotatable bonds is 3. The topological polar surface area (TPSA) is 39.2 Å². The number of carbonyl (C=O) groups excluding carboxylic acids is 1. The summed E-state index contributed by atoms with van der Waals surface area (Å²) in [5.74, 6) is -0.664. The second-order valence-corrected chi connectivity index (χ2v) is 4.00. The van der Waals surface area contributed by atoms with E-state index >= 15 is 0 Å². The van der Waals surface area contributed by atoms with Crippen LogP contribution in [0.1, 0.15) is 17.3 Å². The highest BCUT2D eigenvalue weighted by atomic mass is 35.5. The zero-order valence-corrected chi connectivity index (χ0v) is 10.2. The van der Waals surface area contributed by atoms with Gasteiger partial charge in [0.15, 0.2) is 17.3 Å². The van der Waals surface area contributed by atoms with Crippen molar-refractivity contribution in [2.45, 2.75) is 6.92 Å². The molecule has 0 saturated carbocycles. The molecule has 3 nitrogen and oxygen atoms in total. The Bertz CT molecular complexity index is 601. The van der Waals surface area contributed by atoms with Crippen molar-refractivity contribution in [2.24, 2.45) is 0 Å². The number of hydrogen-bond acceptors (Lipinski definition) is 3. The number of ether oxygens (including phenoxy) is 1. The fourth-order valence-electron chi connectivity index (χ4n) is 1.36. The van der Waals surface area contributed by atoms with Gasteiger partial charge in [-0.3, -0.25) is 4.79 Å². The molecule has 18 heavy (non-hydrogen) atoms. The van der Waals surface area contributed by atoms with E-state index in [1.54, 1.807) is 12.1 Å². The summed E-state index contributed by atoms with van der Waals surface area (Å²) in [6.45, 7) is 1.43. The molecular weight excluding hydrogens is 257 g/mol. The average Bonchev–Trinajstić information content (AvgIpc) is 2.35. The predicted octanol–water partition coefficient (Wildman–Crippen LogP) is 3.87. The maximum atomic E-state index is 13.6. The van der Waals surface area contributed by atoms with Crippen LogP contribution in [0.25, 0.3) is 0 Å². The van der Waals surface area contributed by atoms with Crippen LogP contribution < -0.4 is 4.74 Å². The van der Waals surface area contributed by atoms with Gasteiger partial charge in [0.25, 0.3) is 0 Å². The fourth-order valence-corrected chi connectivity index (χ4v) is 1.53. The van der Waals surface area contributed by atoms with Crippen LogP contribution >= 0.6 is 11.6 Å². The number of carbonyl (C=O) groups is 1. The van der Waals surface area contributed by atoms with Crippen molar-refractivity contribution in [3.63, 3.8) is 0 Å². The molecule has 0 saturated heterocycles. The van der Waals surface area contributed by atoms with E-state index in [2.05, 4.69) is 4.98 Å². The minimum absolute atomic E-state index is 0.0318. The van der Waals surface area contributed by atoms with Crippen molar-refractivity contribution < 1.29 is 13.9 Å². The highest BCUT2D eigenvalue weighted by Gasteiger charge is 2.10. The van der Waals surface area contributed by atoms with E-state index in [9.17, 15) is 9.18 Å². The highest BCUT2D eigenvalue weighted by molar-refractivity contribution is 6.30. The summed E-state index contributed by atoms with van der Waals surface area (Å²) in [6.07, 6.45) is 1.43. The normalized spacial score (nSPS) is 10.2. The molecule has 0 aliphatic rings. The van der Waals surface area contributed by atoms with Crippen LogP contribution in [-0.2, 0) is 0 Å². The lowest BCUT2D eigenvalue weighted by Gasteiger charge is -2.07. The van der Waals surface area contributed by atoms with Crippen molar-refractivity contribution in [3.05, 3.63) is 52.9 Å². The number of aromatic nitrogens is 1. The summed E-state index contributed by atoms with van der Waals surface area (Å²) in [4.78, 5) is 15.1. The molecule has 0 aliphatic carbocycles. The number of pyridine rings is 1. The number of hydrogen-bond donors (Lipinski definition) is 0. The van der Waals surface area contributed by atoms with Gasteiger partial charge in [0, 0.05) is 17.8 Å². The Labute approximate surface area is 108 Å². The Morgan fingerprint density at radius 3 is 2.89 bits per heavy atom. The molecule has 0 atom stereocenters. The molecule has 0 unspecified atom stereocenters.